The van der Waals surface area contributed by atoms with Crippen molar-refractivity contribution in [1.82, 2.24) is 9.97 Å². The summed E-state index contributed by atoms with van der Waals surface area (Å²) in [5.74, 6) is 2.48. The summed E-state index contributed by atoms with van der Waals surface area (Å²) in [7, 11) is 1.40. The van der Waals surface area contributed by atoms with E-state index < -0.39 is 0 Å². The molecule has 0 bridgehead atoms. The van der Waals surface area contributed by atoms with Crippen molar-refractivity contribution in [2.75, 3.05) is 30.9 Å². The first-order valence-corrected chi connectivity index (χ1v) is 8.85. The summed E-state index contributed by atoms with van der Waals surface area (Å²) >= 11 is 1.37. The molecule has 1 unspecified atom stereocenters. The zero-order valence-corrected chi connectivity index (χ0v) is 14.4. The molecule has 0 aromatic carbocycles. The lowest BCUT2D eigenvalue weighted by Crippen LogP contribution is -2.25. The number of rotatable bonds is 5. The highest BCUT2D eigenvalue weighted by Crippen LogP contribution is 2.27. The fourth-order valence-electron chi connectivity index (χ4n) is 2.77. The minimum absolute atomic E-state index is 0.244. The summed E-state index contributed by atoms with van der Waals surface area (Å²) in [6.07, 6.45) is 7.21. The molecule has 1 saturated heterocycles. The van der Waals surface area contributed by atoms with Gasteiger partial charge in [0, 0.05) is 13.1 Å². The van der Waals surface area contributed by atoms with E-state index in [1.165, 1.54) is 38.1 Å². The van der Waals surface area contributed by atoms with Crippen LogP contribution in [-0.2, 0) is 9.53 Å². The molecule has 0 N–H and O–H groups in total. The van der Waals surface area contributed by atoms with Gasteiger partial charge in [-0.05, 0) is 31.1 Å². The molecule has 1 atom stereocenters. The van der Waals surface area contributed by atoms with E-state index in [1.807, 2.05) is 6.20 Å². The Morgan fingerprint density at radius 3 is 2.95 bits per heavy atom. The lowest BCUT2D eigenvalue weighted by atomic mass is 9.89. The predicted octanol–water partition coefficient (Wildman–Crippen LogP) is 3.00. The number of ether oxygens (including phenoxy) is 1. The van der Waals surface area contributed by atoms with Crippen LogP contribution in [0.3, 0.4) is 0 Å². The fourth-order valence-corrected chi connectivity index (χ4v) is 3.45. The molecule has 5 nitrogen and oxygen atoms in total. The minimum Gasteiger partial charge on any atom is -0.468 e. The van der Waals surface area contributed by atoms with E-state index in [4.69, 9.17) is 0 Å². The van der Waals surface area contributed by atoms with Crippen molar-refractivity contribution in [1.29, 1.82) is 0 Å². The fraction of sp³-hybridized carbons (Fsp3) is 0.688. The van der Waals surface area contributed by atoms with E-state index >= 15 is 0 Å². The summed E-state index contributed by atoms with van der Waals surface area (Å²) < 4.78 is 4.65. The first-order chi connectivity index (χ1) is 10.6. The smallest absolute Gasteiger partial charge is 0.316 e. The van der Waals surface area contributed by atoms with Gasteiger partial charge in [-0.2, -0.15) is 0 Å². The molecule has 0 aliphatic carbocycles. The Kier molecular flexibility index (Phi) is 6.49. The second kappa shape index (κ2) is 8.36. The molecule has 0 amide bonds. The van der Waals surface area contributed by atoms with E-state index in [0.717, 1.165) is 35.8 Å². The summed E-state index contributed by atoms with van der Waals surface area (Å²) in [5.41, 5.74) is 0. The quantitative estimate of drug-likeness (QED) is 0.613. The number of methoxy groups -OCH3 is 1. The number of anilines is 1. The zero-order chi connectivity index (χ0) is 15.9. The first kappa shape index (κ1) is 17.1. The summed E-state index contributed by atoms with van der Waals surface area (Å²) in [5, 5.41) is 0.771. The molecule has 22 heavy (non-hydrogen) atoms. The molecular weight excluding hydrogens is 298 g/mol. The number of aromatic nitrogens is 2. The van der Waals surface area contributed by atoms with Crippen LogP contribution in [0.15, 0.2) is 17.4 Å². The number of esters is 1. The van der Waals surface area contributed by atoms with Crippen LogP contribution in [0, 0.1) is 11.8 Å². The molecule has 2 heterocycles. The maximum Gasteiger partial charge on any atom is 0.316 e. The molecule has 0 spiro atoms. The third-order valence-electron chi connectivity index (χ3n) is 4.20. The summed E-state index contributed by atoms with van der Waals surface area (Å²) in [6.45, 7) is 6.68. The van der Waals surface area contributed by atoms with E-state index in [9.17, 15) is 4.79 Å². The highest BCUT2D eigenvalue weighted by Gasteiger charge is 2.20. The molecule has 2 rings (SSSR count). The van der Waals surface area contributed by atoms with E-state index in [1.54, 1.807) is 6.20 Å². The third-order valence-corrected chi connectivity index (χ3v) is 5.08. The van der Waals surface area contributed by atoms with Crippen LogP contribution in [-0.4, -0.2) is 41.9 Å². The van der Waals surface area contributed by atoms with Crippen molar-refractivity contribution in [2.24, 2.45) is 11.8 Å². The van der Waals surface area contributed by atoms with Gasteiger partial charge in [-0.1, -0.05) is 25.6 Å². The zero-order valence-electron chi connectivity index (χ0n) is 13.6. The van der Waals surface area contributed by atoms with Crippen LogP contribution in [0.1, 0.15) is 33.1 Å². The molecule has 1 fully saturated rings. The number of hydrogen-bond acceptors (Lipinski definition) is 6. The first-order valence-electron chi connectivity index (χ1n) is 7.86. The van der Waals surface area contributed by atoms with E-state index in [2.05, 4.69) is 33.5 Å². The van der Waals surface area contributed by atoms with Crippen LogP contribution < -0.4 is 4.90 Å². The van der Waals surface area contributed by atoms with Gasteiger partial charge >= 0.3 is 5.97 Å². The van der Waals surface area contributed by atoms with Crippen LogP contribution >= 0.6 is 11.8 Å². The Morgan fingerprint density at radius 1 is 1.41 bits per heavy atom. The maximum atomic E-state index is 11.2. The van der Waals surface area contributed by atoms with Crippen molar-refractivity contribution in [3.63, 3.8) is 0 Å². The van der Waals surface area contributed by atoms with Gasteiger partial charge in [-0.3, -0.25) is 9.78 Å². The second-order valence-corrected chi connectivity index (χ2v) is 7.00. The van der Waals surface area contributed by atoms with E-state index in [0.29, 0.717) is 0 Å². The molecule has 1 aliphatic heterocycles. The largest absolute Gasteiger partial charge is 0.468 e. The number of hydrogen-bond donors (Lipinski definition) is 0. The van der Waals surface area contributed by atoms with Gasteiger partial charge in [0.05, 0.1) is 25.3 Å². The van der Waals surface area contributed by atoms with Crippen molar-refractivity contribution < 1.29 is 9.53 Å². The average molecular weight is 323 g/mol. The Bertz CT molecular complexity index is 496. The molecule has 6 heteroatoms. The average Bonchev–Trinajstić information content (AvgIpc) is 2.79. The molecular formula is C16H25N3O2S. The Balaban J connectivity index is 1.98. The highest BCUT2D eigenvalue weighted by atomic mass is 32.2. The molecule has 1 aromatic rings. The highest BCUT2D eigenvalue weighted by molar-refractivity contribution is 7.99. The van der Waals surface area contributed by atoms with Crippen LogP contribution in [0.4, 0.5) is 5.82 Å². The second-order valence-electron chi connectivity index (χ2n) is 6.00. The molecule has 122 valence electrons. The Hall–Kier alpha value is -1.30. The van der Waals surface area contributed by atoms with Gasteiger partial charge in [0.15, 0.2) is 0 Å². The van der Waals surface area contributed by atoms with Crippen molar-refractivity contribution in [2.45, 2.75) is 38.1 Å². The van der Waals surface area contributed by atoms with Crippen LogP contribution in [0.5, 0.6) is 0 Å². The lowest BCUT2D eigenvalue weighted by Gasteiger charge is -2.22. The normalized spacial score (nSPS) is 19.1. The van der Waals surface area contributed by atoms with Crippen molar-refractivity contribution >= 4 is 23.5 Å². The molecule has 1 aliphatic rings. The number of carbonyl (C=O) groups excluding carboxylic acids is 1. The van der Waals surface area contributed by atoms with Crippen LogP contribution in [0.25, 0.3) is 0 Å². The summed E-state index contributed by atoms with van der Waals surface area (Å²) in [6, 6.07) is 0. The van der Waals surface area contributed by atoms with Crippen molar-refractivity contribution in [3.8, 4) is 0 Å². The Morgan fingerprint density at radius 2 is 2.23 bits per heavy atom. The van der Waals surface area contributed by atoms with Gasteiger partial charge in [-0.25, -0.2) is 4.98 Å². The van der Waals surface area contributed by atoms with Crippen LogP contribution in [0.2, 0.25) is 0 Å². The standard InChI is InChI=1S/C16H25N3O2S/c1-12(2)13-5-4-7-19(8-6-13)14-9-17-10-15(18-14)22-11-16(20)21-3/h9-10,12-13H,4-8,11H2,1-3H3. The number of nitrogens with zero attached hydrogens (tertiary/aromatic N) is 3. The number of carbonyl (C=O) groups is 1. The minimum atomic E-state index is -0.244. The topological polar surface area (TPSA) is 55.3 Å². The monoisotopic (exact) mass is 323 g/mol. The van der Waals surface area contributed by atoms with E-state index in [-0.39, 0.29) is 11.7 Å². The van der Waals surface area contributed by atoms with Gasteiger partial charge in [-0.15, -0.1) is 0 Å². The third kappa shape index (κ3) is 4.87. The maximum absolute atomic E-state index is 11.2. The lowest BCUT2D eigenvalue weighted by molar-refractivity contribution is -0.137. The van der Waals surface area contributed by atoms with Gasteiger partial charge in [0.25, 0.3) is 0 Å². The molecule has 1 aromatic heterocycles. The SMILES string of the molecule is COC(=O)CSc1cncc(N2CCCC(C(C)C)CC2)n1. The molecule has 0 radical (unpaired) electrons. The number of thioether (sulfide) groups is 1. The Labute approximate surface area is 136 Å². The predicted molar refractivity (Wildman–Crippen MR) is 89.2 cm³/mol. The van der Waals surface area contributed by atoms with Gasteiger partial charge in [0.1, 0.15) is 10.8 Å². The van der Waals surface area contributed by atoms with Gasteiger partial charge < -0.3 is 9.64 Å². The van der Waals surface area contributed by atoms with Crippen molar-refractivity contribution in [3.05, 3.63) is 12.4 Å². The van der Waals surface area contributed by atoms with Gasteiger partial charge in [0.2, 0.25) is 0 Å². The molecule has 0 saturated carbocycles. The summed E-state index contributed by atoms with van der Waals surface area (Å²) in [4.78, 5) is 22.4.